The highest BCUT2D eigenvalue weighted by molar-refractivity contribution is 5.92. The first-order valence-electron chi connectivity index (χ1n) is 8.52. The number of carbonyl (C=O) groups excluding carboxylic acids is 1. The van der Waals surface area contributed by atoms with Crippen LogP contribution in [0, 0.1) is 26.7 Å². The smallest absolute Gasteiger partial charge is 0.306 e. The molecule has 2 aromatic rings. The lowest BCUT2D eigenvalue weighted by molar-refractivity contribution is -0.143. The highest BCUT2D eigenvalue weighted by atomic mass is 16.4. The molecule has 1 aromatic carbocycles. The van der Waals surface area contributed by atoms with Gasteiger partial charge in [-0.2, -0.15) is 5.10 Å². The van der Waals surface area contributed by atoms with E-state index in [9.17, 15) is 9.59 Å². The van der Waals surface area contributed by atoms with Crippen molar-refractivity contribution in [3.63, 3.8) is 0 Å². The Kier molecular flexibility index (Phi) is 4.61. The number of aromatic nitrogens is 2. The van der Waals surface area contributed by atoms with Crippen molar-refractivity contribution in [1.29, 1.82) is 0 Å². The highest BCUT2D eigenvalue weighted by Crippen LogP contribution is 2.21. The topological polar surface area (TPSA) is 75.4 Å². The molecule has 1 saturated heterocycles. The van der Waals surface area contributed by atoms with Crippen molar-refractivity contribution in [3.8, 4) is 5.69 Å². The van der Waals surface area contributed by atoms with Crippen molar-refractivity contribution >= 4 is 11.9 Å². The lowest BCUT2D eigenvalue weighted by Crippen LogP contribution is -2.40. The van der Waals surface area contributed by atoms with Crippen LogP contribution < -0.4 is 0 Å². The number of piperidine rings is 1. The molecule has 1 fully saturated rings. The minimum Gasteiger partial charge on any atom is -0.481 e. The Hall–Kier alpha value is -2.63. The molecule has 132 valence electrons. The van der Waals surface area contributed by atoms with Crippen molar-refractivity contribution < 1.29 is 14.7 Å². The predicted octanol–water partition coefficient (Wildman–Crippen LogP) is 2.73. The van der Waals surface area contributed by atoms with E-state index >= 15 is 0 Å². The van der Waals surface area contributed by atoms with Crippen molar-refractivity contribution in [3.05, 3.63) is 46.8 Å². The van der Waals surface area contributed by atoms with Crippen molar-refractivity contribution in [2.24, 2.45) is 5.92 Å². The van der Waals surface area contributed by atoms with Crippen LogP contribution in [-0.2, 0) is 4.79 Å². The molecule has 1 aliphatic rings. The van der Waals surface area contributed by atoms with Gasteiger partial charge in [-0.1, -0.05) is 6.07 Å². The molecule has 0 atom stereocenters. The van der Waals surface area contributed by atoms with E-state index in [1.807, 2.05) is 32.9 Å². The van der Waals surface area contributed by atoms with Crippen LogP contribution in [0.4, 0.5) is 0 Å². The SMILES string of the molecule is Cc1cc(C)cc(-n2nc(C(=O)N3CCC(C(=O)O)CC3)cc2C)c1. The number of aliphatic carboxylic acids is 1. The van der Waals surface area contributed by atoms with Crippen LogP contribution in [0.3, 0.4) is 0 Å². The van der Waals surface area contributed by atoms with E-state index in [4.69, 9.17) is 5.11 Å². The normalized spacial score (nSPS) is 15.4. The van der Waals surface area contributed by atoms with Gasteiger partial charge in [0.25, 0.3) is 5.91 Å². The molecule has 0 unspecified atom stereocenters. The summed E-state index contributed by atoms with van der Waals surface area (Å²) in [6.07, 6.45) is 0.996. The molecule has 1 aromatic heterocycles. The van der Waals surface area contributed by atoms with E-state index in [2.05, 4.69) is 11.2 Å². The Balaban J connectivity index is 1.80. The van der Waals surface area contributed by atoms with E-state index in [0.29, 0.717) is 31.6 Å². The second-order valence-corrected chi connectivity index (χ2v) is 6.83. The van der Waals surface area contributed by atoms with E-state index in [-0.39, 0.29) is 11.8 Å². The maximum Gasteiger partial charge on any atom is 0.306 e. The summed E-state index contributed by atoms with van der Waals surface area (Å²) < 4.78 is 1.79. The maximum atomic E-state index is 12.7. The summed E-state index contributed by atoms with van der Waals surface area (Å²) in [7, 11) is 0. The average molecular weight is 341 g/mol. The first-order chi connectivity index (χ1) is 11.8. The molecule has 25 heavy (non-hydrogen) atoms. The van der Waals surface area contributed by atoms with Gasteiger partial charge >= 0.3 is 5.97 Å². The molecule has 0 radical (unpaired) electrons. The Morgan fingerprint density at radius 2 is 1.64 bits per heavy atom. The average Bonchev–Trinajstić information content (AvgIpc) is 2.95. The van der Waals surface area contributed by atoms with E-state index in [0.717, 1.165) is 22.5 Å². The number of hydrogen-bond acceptors (Lipinski definition) is 3. The molecule has 6 nitrogen and oxygen atoms in total. The van der Waals surface area contributed by atoms with E-state index in [1.165, 1.54) is 0 Å². The molecule has 6 heteroatoms. The standard InChI is InChI=1S/C19H23N3O3/c1-12-8-13(2)10-16(9-12)22-14(3)11-17(20-22)18(23)21-6-4-15(5-7-21)19(24)25/h8-11,15H,4-7H2,1-3H3,(H,24,25). The third-order valence-electron chi connectivity index (χ3n) is 4.69. The first kappa shape index (κ1) is 17.2. The molecule has 1 aliphatic heterocycles. The molecule has 0 spiro atoms. The molecule has 2 heterocycles. The van der Waals surface area contributed by atoms with Crippen molar-refractivity contribution in [1.82, 2.24) is 14.7 Å². The number of aryl methyl sites for hydroxylation is 3. The zero-order chi connectivity index (χ0) is 18.1. The largest absolute Gasteiger partial charge is 0.481 e. The molecule has 0 aliphatic carbocycles. The minimum atomic E-state index is -0.776. The van der Waals surface area contributed by atoms with Crippen molar-refractivity contribution in [2.75, 3.05) is 13.1 Å². The molecule has 1 N–H and O–H groups in total. The summed E-state index contributed by atoms with van der Waals surface area (Å²) in [6, 6.07) is 7.98. The Bertz CT molecular complexity index is 797. The van der Waals surface area contributed by atoms with Crippen LogP contribution >= 0.6 is 0 Å². The predicted molar refractivity (Wildman–Crippen MR) is 94.0 cm³/mol. The number of carboxylic acids is 1. The Morgan fingerprint density at radius 3 is 2.20 bits per heavy atom. The lowest BCUT2D eigenvalue weighted by atomic mass is 9.97. The van der Waals surface area contributed by atoms with Gasteiger partial charge in [0.2, 0.25) is 0 Å². The highest BCUT2D eigenvalue weighted by Gasteiger charge is 2.28. The fourth-order valence-corrected chi connectivity index (χ4v) is 3.40. The van der Waals surface area contributed by atoms with Gasteiger partial charge in [-0.25, -0.2) is 4.68 Å². The number of rotatable bonds is 3. The third-order valence-corrected chi connectivity index (χ3v) is 4.69. The zero-order valence-corrected chi connectivity index (χ0v) is 14.8. The number of hydrogen-bond donors (Lipinski definition) is 1. The van der Waals surface area contributed by atoms with Gasteiger partial charge in [0, 0.05) is 18.8 Å². The van der Waals surface area contributed by atoms with Gasteiger partial charge in [0.1, 0.15) is 0 Å². The number of carboxylic acid groups (broad SMARTS) is 1. The summed E-state index contributed by atoms with van der Waals surface area (Å²) in [4.78, 5) is 25.5. The summed E-state index contributed by atoms with van der Waals surface area (Å²) in [5.74, 6) is -1.25. The number of likely N-dealkylation sites (tertiary alicyclic amines) is 1. The summed E-state index contributed by atoms with van der Waals surface area (Å²) in [6.45, 7) is 6.93. The molecule has 0 bridgehead atoms. The fraction of sp³-hybridized carbons (Fsp3) is 0.421. The van der Waals surface area contributed by atoms with Gasteiger partial charge in [-0.15, -0.1) is 0 Å². The molecule has 0 saturated carbocycles. The van der Waals surface area contributed by atoms with Crippen LogP contribution in [0.1, 0.15) is 40.2 Å². The fourth-order valence-electron chi connectivity index (χ4n) is 3.40. The van der Waals surface area contributed by atoms with Gasteiger partial charge < -0.3 is 10.0 Å². The number of carbonyl (C=O) groups is 2. The zero-order valence-electron chi connectivity index (χ0n) is 14.8. The molecule has 3 rings (SSSR count). The Morgan fingerprint density at radius 1 is 1.04 bits per heavy atom. The van der Waals surface area contributed by atoms with Gasteiger partial charge in [0.05, 0.1) is 11.6 Å². The van der Waals surface area contributed by atoms with Crippen LogP contribution in [0.15, 0.2) is 24.3 Å². The second kappa shape index (κ2) is 6.70. The van der Waals surface area contributed by atoms with Crippen LogP contribution in [0.25, 0.3) is 5.69 Å². The molecular weight excluding hydrogens is 318 g/mol. The molecule has 1 amide bonds. The summed E-state index contributed by atoms with van der Waals surface area (Å²) in [5.41, 5.74) is 4.54. The van der Waals surface area contributed by atoms with Crippen LogP contribution in [0.2, 0.25) is 0 Å². The van der Waals surface area contributed by atoms with E-state index < -0.39 is 5.97 Å². The van der Waals surface area contributed by atoms with Gasteiger partial charge in [0.15, 0.2) is 5.69 Å². The first-order valence-corrected chi connectivity index (χ1v) is 8.52. The minimum absolute atomic E-state index is 0.130. The number of nitrogens with zero attached hydrogens (tertiary/aromatic N) is 3. The lowest BCUT2D eigenvalue weighted by Gasteiger charge is -2.29. The van der Waals surface area contributed by atoms with Crippen LogP contribution in [0.5, 0.6) is 0 Å². The summed E-state index contributed by atoms with van der Waals surface area (Å²) in [5, 5.41) is 13.6. The van der Waals surface area contributed by atoms with Crippen molar-refractivity contribution in [2.45, 2.75) is 33.6 Å². The Labute approximate surface area is 147 Å². The number of benzene rings is 1. The van der Waals surface area contributed by atoms with Gasteiger partial charge in [-0.05, 0) is 62.9 Å². The quantitative estimate of drug-likeness (QED) is 0.931. The van der Waals surface area contributed by atoms with E-state index in [1.54, 1.807) is 15.6 Å². The third kappa shape index (κ3) is 3.57. The summed E-state index contributed by atoms with van der Waals surface area (Å²) >= 11 is 0. The molecular formula is C19H23N3O3. The second-order valence-electron chi connectivity index (χ2n) is 6.83. The van der Waals surface area contributed by atoms with Crippen LogP contribution in [-0.4, -0.2) is 44.8 Å². The maximum absolute atomic E-state index is 12.7. The van der Waals surface area contributed by atoms with Gasteiger partial charge in [-0.3, -0.25) is 9.59 Å². The monoisotopic (exact) mass is 341 g/mol. The number of amides is 1.